The number of nitrogens with one attached hydrogen (secondary N) is 1. The van der Waals surface area contributed by atoms with Gasteiger partial charge in [-0.3, -0.25) is 0 Å². The molecular weight excluding hydrogens is 292 g/mol. The smallest absolute Gasteiger partial charge is 0.322 e. The summed E-state index contributed by atoms with van der Waals surface area (Å²) in [6.45, 7) is 2.47. The zero-order valence-corrected chi connectivity index (χ0v) is 12.7. The Morgan fingerprint density at radius 1 is 1.00 bits per heavy atom. The van der Waals surface area contributed by atoms with Gasteiger partial charge in [-0.05, 0) is 29.7 Å². The number of hydrogen-bond acceptors (Lipinski definition) is 3. The summed E-state index contributed by atoms with van der Waals surface area (Å²) in [7, 11) is 0. The number of benzene rings is 2. The van der Waals surface area contributed by atoms with E-state index < -0.39 is 0 Å². The molecule has 4 rings (SSSR count). The number of fused-ring (bicyclic) bond motifs is 2. The number of rotatable bonds is 1. The lowest BCUT2D eigenvalue weighted by molar-refractivity contribution is 0.171. The molecule has 0 saturated carbocycles. The summed E-state index contributed by atoms with van der Waals surface area (Å²) >= 11 is 0. The van der Waals surface area contributed by atoms with E-state index in [-0.39, 0.29) is 6.03 Å². The van der Waals surface area contributed by atoms with Gasteiger partial charge in [0.1, 0.15) is 13.2 Å². The molecule has 2 aliphatic rings. The van der Waals surface area contributed by atoms with Gasteiger partial charge in [-0.2, -0.15) is 0 Å². The molecule has 0 saturated heterocycles. The molecule has 2 aromatic rings. The van der Waals surface area contributed by atoms with E-state index in [0.29, 0.717) is 25.5 Å². The molecule has 0 spiro atoms. The Balaban J connectivity index is 1.46. The Bertz CT molecular complexity index is 745. The zero-order valence-electron chi connectivity index (χ0n) is 12.7. The van der Waals surface area contributed by atoms with Gasteiger partial charge in [0.05, 0.1) is 0 Å². The van der Waals surface area contributed by atoms with Gasteiger partial charge < -0.3 is 19.7 Å². The van der Waals surface area contributed by atoms with Crippen molar-refractivity contribution in [2.75, 3.05) is 25.1 Å². The van der Waals surface area contributed by atoms with E-state index >= 15 is 0 Å². The lowest BCUT2D eigenvalue weighted by Gasteiger charge is -2.29. The molecule has 0 atom stereocenters. The first-order valence-corrected chi connectivity index (χ1v) is 7.82. The van der Waals surface area contributed by atoms with Crippen LogP contribution in [0.15, 0.2) is 42.5 Å². The second kappa shape index (κ2) is 5.83. The number of ether oxygens (including phenoxy) is 2. The van der Waals surface area contributed by atoms with E-state index in [1.165, 1.54) is 11.1 Å². The Morgan fingerprint density at radius 3 is 2.65 bits per heavy atom. The van der Waals surface area contributed by atoms with Crippen LogP contribution in [0.2, 0.25) is 0 Å². The number of carbonyl (C=O) groups excluding carboxylic acids is 1. The summed E-state index contributed by atoms with van der Waals surface area (Å²) in [5, 5.41) is 2.94. The molecule has 23 heavy (non-hydrogen) atoms. The molecule has 2 aromatic carbocycles. The molecule has 1 N–H and O–H groups in total. The van der Waals surface area contributed by atoms with Crippen LogP contribution < -0.4 is 14.8 Å². The predicted molar refractivity (Wildman–Crippen MR) is 87.0 cm³/mol. The summed E-state index contributed by atoms with van der Waals surface area (Å²) in [6.07, 6.45) is 0.894. The maximum absolute atomic E-state index is 12.5. The van der Waals surface area contributed by atoms with E-state index in [1.54, 1.807) is 0 Å². The lowest BCUT2D eigenvalue weighted by atomic mass is 10.0. The molecule has 0 radical (unpaired) electrons. The molecule has 2 aliphatic heterocycles. The van der Waals surface area contributed by atoms with E-state index in [4.69, 9.17) is 9.47 Å². The fourth-order valence-corrected chi connectivity index (χ4v) is 2.99. The van der Waals surface area contributed by atoms with Gasteiger partial charge in [-0.25, -0.2) is 4.79 Å². The second-order valence-electron chi connectivity index (χ2n) is 5.73. The van der Waals surface area contributed by atoms with Crippen molar-refractivity contribution in [1.29, 1.82) is 0 Å². The summed E-state index contributed by atoms with van der Waals surface area (Å²) in [6, 6.07) is 13.7. The van der Waals surface area contributed by atoms with Crippen LogP contribution in [0.4, 0.5) is 10.5 Å². The molecule has 0 bridgehead atoms. The molecule has 0 fully saturated rings. The average Bonchev–Trinajstić information content (AvgIpc) is 2.61. The number of nitrogens with zero attached hydrogens (tertiary/aromatic N) is 1. The van der Waals surface area contributed by atoms with Crippen molar-refractivity contribution < 1.29 is 14.3 Å². The summed E-state index contributed by atoms with van der Waals surface area (Å²) in [5.41, 5.74) is 3.27. The summed E-state index contributed by atoms with van der Waals surface area (Å²) in [4.78, 5) is 14.3. The molecule has 2 amide bonds. The van der Waals surface area contributed by atoms with Crippen molar-refractivity contribution in [3.8, 4) is 11.5 Å². The van der Waals surface area contributed by atoms with Gasteiger partial charge in [0.25, 0.3) is 0 Å². The highest BCUT2D eigenvalue weighted by molar-refractivity contribution is 5.90. The quantitative estimate of drug-likeness (QED) is 0.881. The normalized spacial score (nSPS) is 15.7. The van der Waals surface area contributed by atoms with Gasteiger partial charge in [-0.1, -0.05) is 24.3 Å². The SMILES string of the molecule is O=C(Nc1ccc2c(c1)OCCO2)N1CCc2ccccc2C1. The number of hydrogen-bond donors (Lipinski definition) is 1. The second-order valence-corrected chi connectivity index (χ2v) is 5.73. The fourth-order valence-electron chi connectivity index (χ4n) is 2.99. The van der Waals surface area contributed by atoms with Crippen molar-refractivity contribution in [2.45, 2.75) is 13.0 Å². The van der Waals surface area contributed by atoms with Crippen molar-refractivity contribution in [3.63, 3.8) is 0 Å². The number of anilines is 1. The van der Waals surface area contributed by atoms with Crippen molar-refractivity contribution in [1.82, 2.24) is 4.90 Å². The highest BCUT2D eigenvalue weighted by Gasteiger charge is 2.21. The average molecular weight is 310 g/mol. The molecule has 0 aromatic heterocycles. The van der Waals surface area contributed by atoms with E-state index in [0.717, 1.165) is 24.4 Å². The van der Waals surface area contributed by atoms with Crippen LogP contribution in [0.1, 0.15) is 11.1 Å². The van der Waals surface area contributed by atoms with Gasteiger partial charge in [0.15, 0.2) is 11.5 Å². The third-order valence-corrected chi connectivity index (χ3v) is 4.21. The van der Waals surface area contributed by atoms with Crippen LogP contribution >= 0.6 is 0 Å². The molecular formula is C18H18N2O3. The number of amides is 2. The third-order valence-electron chi connectivity index (χ3n) is 4.21. The maximum atomic E-state index is 12.5. The minimum absolute atomic E-state index is 0.0869. The standard InChI is InChI=1S/C18H18N2O3/c21-18(20-8-7-13-3-1-2-4-14(13)12-20)19-15-5-6-16-17(11-15)23-10-9-22-16/h1-6,11H,7-10,12H2,(H,19,21). The Kier molecular flexibility index (Phi) is 3.54. The minimum atomic E-state index is -0.0869. The topological polar surface area (TPSA) is 50.8 Å². The van der Waals surface area contributed by atoms with Crippen LogP contribution in [0.5, 0.6) is 11.5 Å². The zero-order chi connectivity index (χ0) is 15.6. The maximum Gasteiger partial charge on any atom is 0.322 e. The van der Waals surface area contributed by atoms with Crippen LogP contribution in [0.3, 0.4) is 0 Å². The third kappa shape index (κ3) is 2.82. The molecule has 5 heteroatoms. The molecule has 5 nitrogen and oxygen atoms in total. The first kappa shape index (κ1) is 13.9. The lowest BCUT2D eigenvalue weighted by Crippen LogP contribution is -2.38. The molecule has 0 aliphatic carbocycles. The monoisotopic (exact) mass is 310 g/mol. The van der Waals surface area contributed by atoms with Crippen molar-refractivity contribution in [3.05, 3.63) is 53.6 Å². The van der Waals surface area contributed by atoms with Gasteiger partial charge in [0, 0.05) is 24.8 Å². The molecule has 0 unspecified atom stereocenters. The number of urea groups is 1. The number of carbonyl (C=O) groups is 1. The van der Waals surface area contributed by atoms with Gasteiger partial charge >= 0.3 is 6.03 Å². The van der Waals surface area contributed by atoms with E-state index in [9.17, 15) is 4.79 Å². The Morgan fingerprint density at radius 2 is 1.78 bits per heavy atom. The van der Waals surface area contributed by atoms with Crippen LogP contribution in [-0.2, 0) is 13.0 Å². The van der Waals surface area contributed by atoms with Gasteiger partial charge in [0.2, 0.25) is 0 Å². The van der Waals surface area contributed by atoms with E-state index in [2.05, 4.69) is 17.4 Å². The van der Waals surface area contributed by atoms with Crippen LogP contribution in [-0.4, -0.2) is 30.7 Å². The van der Waals surface area contributed by atoms with Gasteiger partial charge in [-0.15, -0.1) is 0 Å². The predicted octanol–water partition coefficient (Wildman–Crippen LogP) is 3.05. The van der Waals surface area contributed by atoms with E-state index in [1.807, 2.05) is 35.2 Å². The van der Waals surface area contributed by atoms with Crippen LogP contribution in [0, 0.1) is 0 Å². The largest absolute Gasteiger partial charge is 0.486 e. The highest BCUT2D eigenvalue weighted by Crippen LogP contribution is 2.32. The molecule has 118 valence electrons. The summed E-state index contributed by atoms with van der Waals surface area (Å²) < 4.78 is 11.0. The Labute approximate surface area is 134 Å². The van der Waals surface area contributed by atoms with Crippen molar-refractivity contribution in [2.24, 2.45) is 0 Å². The molecule has 2 heterocycles. The summed E-state index contributed by atoms with van der Waals surface area (Å²) in [5.74, 6) is 1.40. The fraction of sp³-hybridized carbons (Fsp3) is 0.278. The Hall–Kier alpha value is -2.69. The minimum Gasteiger partial charge on any atom is -0.486 e. The van der Waals surface area contributed by atoms with Crippen LogP contribution in [0.25, 0.3) is 0 Å². The first-order valence-electron chi connectivity index (χ1n) is 7.82. The first-order chi connectivity index (χ1) is 11.3. The van der Waals surface area contributed by atoms with Crippen molar-refractivity contribution >= 4 is 11.7 Å². The highest BCUT2D eigenvalue weighted by atomic mass is 16.6.